The van der Waals surface area contributed by atoms with Crippen LogP contribution in [-0.4, -0.2) is 15.0 Å². The largest absolute Gasteiger partial charge is 0.388 e. The Morgan fingerprint density at radius 2 is 1.94 bits per heavy atom. The number of aryl methyl sites for hydroxylation is 2. The molecule has 0 amide bonds. The second-order valence-corrected chi connectivity index (χ2v) is 4.50. The lowest BCUT2D eigenvalue weighted by Gasteiger charge is -2.11. The topological polar surface area (TPSA) is 63.8 Å². The SMILES string of the molecule is Cc1ccc(Nc2nccnc2C(N)=S)c(C)c1. The first-order valence-corrected chi connectivity index (χ1v) is 5.94. The molecule has 0 aliphatic heterocycles. The monoisotopic (exact) mass is 258 g/mol. The molecule has 1 aromatic carbocycles. The number of nitrogens with zero attached hydrogens (tertiary/aromatic N) is 2. The Morgan fingerprint density at radius 1 is 1.22 bits per heavy atom. The number of nitrogens with two attached hydrogens (primary N) is 1. The van der Waals surface area contributed by atoms with E-state index >= 15 is 0 Å². The predicted octanol–water partition coefficient (Wildman–Crippen LogP) is 2.47. The van der Waals surface area contributed by atoms with Gasteiger partial charge in [-0.25, -0.2) is 9.97 Å². The van der Waals surface area contributed by atoms with Crippen molar-refractivity contribution in [2.45, 2.75) is 13.8 Å². The summed E-state index contributed by atoms with van der Waals surface area (Å²) in [6, 6.07) is 6.13. The fourth-order valence-electron chi connectivity index (χ4n) is 1.69. The molecule has 92 valence electrons. The van der Waals surface area contributed by atoms with Crippen LogP contribution in [0.25, 0.3) is 0 Å². The number of nitrogens with one attached hydrogen (secondary N) is 1. The molecule has 1 aromatic heterocycles. The first kappa shape index (κ1) is 12.4. The lowest BCUT2D eigenvalue weighted by atomic mass is 10.1. The van der Waals surface area contributed by atoms with Crippen LogP contribution in [0.15, 0.2) is 30.6 Å². The first-order valence-electron chi connectivity index (χ1n) is 5.53. The van der Waals surface area contributed by atoms with Gasteiger partial charge in [-0.15, -0.1) is 0 Å². The molecule has 2 rings (SSSR count). The molecule has 0 bridgehead atoms. The van der Waals surface area contributed by atoms with E-state index in [0.29, 0.717) is 11.5 Å². The van der Waals surface area contributed by atoms with Gasteiger partial charge in [-0.3, -0.25) is 0 Å². The molecule has 1 heterocycles. The molecule has 0 unspecified atom stereocenters. The maximum atomic E-state index is 5.62. The number of anilines is 2. The van der Waals surface area contributed by atoms with Crippen LogP contribution >= 0.6 is 12.2 Å². The van der Waals surface area contributed by atoms with Crippen LogP contribution < -0.4 is 11.1 Å². The minimum Gasteiger partial charge on any atom is -0.388 e. The molecular weight excluding hydrogens is 244 g/mol. The van der Waals surface area contributed by atoms with E-state index in [9.17, 15) is 0 Å². The molecule has 0 fully saturated rings. The molecule has 0 atom stereocenters. The highest BCUT2D eigenvalue weighted by Crippen LogP contribution is 2.21. The van der Waals surface area contributed by atoms with E-state index in [1.54, 1.807) is 12.4 Å². The number of thiocarbonyl (C=S) groups is 1. The highest BCUT2D eigenvalue weighted by molar-refractivity contribution is 7.80. The van der Waals surface area contributed by atoms with Crippen LogP contribution in [0.5, 0.6) is 0 Å². The van der Waals surface area contributed by atoms with Gasteiger partial charge in [-0.05, 0) is 25.5 Å². The summed E-state index contributed by atoms with van der Waals surface area (Å²) in [4.78, 5) is 8.58. The molecule has 0 saturated carbocycles. The molecule has 0 aliphatic rings. The van der Waals surface area contributed by atoms with Crippen LogP contribution in [0.2, 0.25) is 0 Å². The van der Waals surface area contributed by atoms with E-state index in [1.807, 2.05) is 19.1 Å². The summed E-state index contributed by atoms with van der Waals surface area (Å²) in [5.41, 5.74) is 9.45. The Balaban J connectivity index is 2.37. The van der Waals surface area contributed by atoms with Crippen LogP contribution in [0.4, 0.5) is 11.5 Å². The van der Waals surface area contributed by atoms with E-state index in [1.165, 1.54) is 5.56 Å². The average Bonchev–Trinajstić information content (AvgIpc) is 2.33. The lowest BCUT2D eigenvalue weighted by molar-refractivity contribution is 1.17. The van der Waals surface area contributed by atoms with E-state index in [-0.39, 0.29) is 4.99 Å². The van der Waals surface area contributed by atoms with Gasteiger partial charge in [0.15, 0.2) is 5.82 Å². The van der Waals surface area contributed by atoms with Gasteiger partial charge in [-0.2, -0.15) is 0 Å². The third-order valence-electron chi connectivity index (χ3n) is 2.57. The Hall–Kier alpha value is -2.01. The summed E-state index contributed by atoms with van der Waals surface area (Å²) >= 11 is 4.95. The standard InChI is InChI=1S/C13H14N4S/c1-8-3-4-10(9(2)7-8)17-13-11(12(14)18)15-5-6-16-13/h3-7H,1-2H3,(H2,14,18)(H,16,17). The average molecular weight is 258 g/mol. The Kier molecular flexibility index (Phi) is 3.53. The minimum atomic E-state index is 0.232. The fourth-order valence-corrected chi connectivity index (χ4v) is 1.84. The number of rotatable bonds is 3. The minimum absolute atomic E-state index is 0.232. The molecular formula is C13H14N4S. The molecule has 4 nitrogen and oxygen atoms in total. The molecule has 3 N–H and O–H groups in total. The molecule has 18 heavy (non-hydrogen) atoms. The molecule has 0 spiro atoms. The number of hydrogen-bond donors (Lipinski definition) is 2. The smallest absolute Gasteiger partial charge is 0.159 e. The van der Waals surface area contributed by atoms with Gasteiger partial charge in [0.1, 0.15) is 10.7 Å². The lowest BCUT2D eigenvalue weighted by Crippen LogP contribution is -2.15. The van der Waals surface area contributed by atoms with Crippen molar-refractivity contribution in [1.29, 1.82) is 0 Å². The third-order valence-corrected chi connectivity index (χ3v) is 2.76. The second kappa shape index (κ2) is 5.10. The Labute approximate surface area is 111 Å². The summed E-state index contributed by atoms with van der Waals surface area (Å²) in [6.45, 7) is 4.09. The number of hydrogen-bond acceptors (Lipinski definition) is 4. The summed E-state index contributed by atoms with van der Waals surface area (Å²) in [5, 5.41) is 3.21. The van der Waals surface area contributed by atoms with Crippen molar-refractivity contribution >= 4 is 28.7 Å². The highest BCUT2D eigenvalue weighted by Gasteiger charge is 2.08. The van der Waals surface area contributed by atoms with Crippen molar-refractivity contribution in [3.63, 3.8) is 0 Å². The van der Waals surface area contributed by atoms with Gasteiger partial charge < -0.3 is 11.1 Å². The van der Waals surface area contributed by atoms with E-state index in [2.05, 4.69) is 28.3 Å². The van der Waals surface area contributed by atoms with E-state index in [0.717, 1.165) is 11.3 Å². The van der Waals surface area contributed by atoms with Crippen LogP contribution in [-0.2, 0) is 0 Å². The van der Waals surface area contributed by atoms with Gasteiger partial charge >= 0.3 is 0 Å². The quantitative estimate of drug-likeness (QED) is 0.828. The van der Waals surface area contributed by atoms with Gasteiger partial charge in [0, 0.05) is 18.1 Å². The van der Waals surface area contributed by atoms with Crippen molar-refractivity contribution < 1.29 is 0 Å². The van der Waals surface area contributed by atoms with Crippen molar-refractivity contribution in [2.75, 3.05) is 5.32 Å². The van der Waals surface area contributed by atoms with Crippen LogP contribution in [0, 0.1) is 13.8 Å². The Morgan fingerprint density at radius 3 is 2.61 bits per heavy atom. The van der Waals surface area contributed by atoms with Crippen LogP contribution in [0.3, 0.4) is 0 Å². The molecule has 0 aliphatic carbocycles. The van der Waals surface area contributed by atoms with E-state index < -0.39 is 0 Å². The molecule has 5 heteroatoms. The van der Waals surface area contributed by atoms with E-state index in [4.69, 9.17) is 18.0 Å². The summed E-state index contributed by atoms with van der Waals surface area (Å²) in [5.74, 6) is 0.581. The molecule has 2 aromatic rings. The van der Waals surface area contributed by atoms with Crippen molar-refractivity contribution in [3.8, 4) is 0 Å². The summed E-state index contributed by atoms with van der Waals surface area (Å²) in [6.07, 6.45) is 3.18. The van der Waals surface area contributed by atoms with Gasteiger partial charge in [0.2, 0.25) is 0 Å². The van der Waals surface area contributed by atoms with Crippen molar-refractivity contribution in [3.05, 3.63) is 47.4 Å². The predicted molar refractivity (Wildman–Crippen MR) is 77.1 cm³/mol. The van der Waals surface area contributed by atoms with Gasteiger partial charge in [0.25, 0.3) is 0 Å². The zero-order chi connectivity index (χ0) is 13.1. The second-order valence-electron chi connectivity index (χ2n) is 4.06. The molecule has 0 radical (unpaired) electrons. The van der Waals surface area contributed by atoms with Crippen LogP contribution in [0.1, 0.15) is 16.8 Å². The van der Waals surface area contributed by atoms with Gasteiger partial charge in [-0.1, -0.05) is 29.9 Å². The third kappa shape index (κ3) is 2.62. The highest BCUT2D eigenvalue weighted by atomic mass is 32.1. The maximum absolute atomic E-state index is 5.62. The maximum Gasteiger partial charge on any atom is 0.159 e. The van der Waals surface area contributed by atoms with Crippen molar-refractivity contribution in [2.24, 2.45) is 5.73 Å². The fraction of sp³-hybridized carbons (Fsp3) is 0.154. The zero-order valence-electron chi connectivity index (χ0n) is 10.3. The number of aromatic nitrogens is 2. The summed E-state index contributed by atoms with van der Waals surface area (Å²) in [7, 11) is 0. The number of benzene rings is 1. The zero-order valence-corrected chi connectivity index (χ0v) is 11.1. The Bertz CT molecular complexity index is 595. The first-order chi connectivity index (χ1) is 8.58. The van der Waals surface area contributed by atoms with Gasteiger partial charge in [0.05, 0.1) is 0 Å². The normalized spacial score (nSPS) is 10.1. The molecule has 0 saturated heterocycles. The van der Waals surface area contributed by atoms with Crippen molar-refractivity contribution in [1.82, 2.24) is 9.97 Å². The summed E-state index contributed by atoms with van der Waals surface area (Å²) < 4.78 is 0.